The molecular formula is C11H16N2O2. The third-order valence-corrected chi connectivity index (χ3v) is 2.09. The molecule has 0 unspecified atom stereocenters. The smallest absolute Gasteiger partial charge is 0.309 e. The van der Waals surface area contributed by atoms with Gasteiger partial charge >= 0.3 is 5.97 Å². The van der Waals surface area contributed by atoms with Crippen LogP contribution in [0.2, 0.25) is 0 Å². The average molecular weight is 218 g/mol. The zero-order chi connectivity index (χ0) is 19.6. The van der Waals surface area contributed by atoms with Crippen LogP contribution in [0.15, 0.2) is 12.5 Å². The van der Waals surface area contributed by atoms with Crippen molar-refractivity contribution in [3.8, 4) is 0 Å². The molecule has 0 aromatic carbocycles. The molecular weight excluding hydrogens is 192 g/mol. The second-order valence-electron chi connectivity index (χ2n) is 3.03. The van der Waals surface area contributed by atoms with Crippen molar-refractivity contribution in [1.29, 1.82) is 0 Å². The number of hydrogen-bond donors (Lipinski definition) is 0. The minimum absolute atomic E-state index is 0.135. The molecule has 4 nitrogen and oxygen atoms in total. The van der Waals surface area contributed by atoms with Crippen molar-refractivity contribution in [1.82, 2.24) is 9.55 Å². The van der Waals surface area contributed by atoms with Crippen LogP contribution >= 0.6 is 0 Å². The van der Waals surface area contributed by atoms with E-state index in [1.807, 2.05) is 0 Å². The summed E-state index contributed by atoms with van der Waals surface area (Å²) in [6.07, 6.45) is -5.14. The fourth-order valence-electron chi connectivity index (χ4n) is 1.29. The van der Waals surface area contributed by atoms with E-state index in [4.69, 9.17) is 13.7 Å². The summed E-state index contributed by atoms with van der Waals surface area (Å²) in [5, 5.41) is 0. The number of carbonyl (C=O) groups is 1. The van der Waals surface area contributed by atoms with Gasteiger partial charge in [-0.3, -0.25) is 4.79 Å². The summed E-state index contributed by atoms with van der Waals surface area (Å²) >= 11 is 0. The lowest BCUT2D eigenvalue weighted by Gasteiger charge is -2.12. The van der Waals surface area contributed by atoms with Gasteiger partial charge in [0.15, 0.2) is 0 Å². The molecule has 0 amide bonds. The van der Waals surface area contributed by atoms with Crippen LogP contribution in [0.4, 0.5) is 0 Å². The van der Waals surface area contributed by atoms with Gasteiger partial charge in [0.25, 0.3) is 0 Å². The number of aromatic nitrogens is 2. The second kappa shape index (κ2) is 4.04. The zero-order valence-corrected chi connectivity index (χ0v) is 8.00. The van der Waals surface area contributed by atoms with Crippen molar-refractivity contribution >= 4 is 5.97 Å². The molecule has 0 bridgehead atoms. The van der Waals surface area contributed by atoms with E-state index in [0.717, 1.165) is 0 Å². The Bertz CT molecular complexity index is 712. The summed E-state index contributed by atoms with van der Waals surface area (Å²) in [6.45, 7) is -4.72. The highest BCUT2D eigenvalue weighted by Crippen LogP contribution is 2.27. The minimum Gasteiger partial charge on any atom is -0.465 e. The maximum absolute atomic E-state index is 11.9. The quantitative estimate of drug-likeness (QED) is 0.715. The molecule has 1 aliphatic heterocycles. The van der Waals surface area contributed by atoms with Crippen molar-refractivity contribution in [3.05, 3.63) is 18.2 Å². The Morgan fingerprint density at radius 1 is 2.07 bits per heavy atom. The SMILES string of the molecule is [2H]c1nc([2H])n(C([2H])([2H])[2H])c1C([2H])([2H])[C@]1([2H])[C@H](CC)C(=O)OC1([2H])[2H]. The standard InChI is InChI=1S/C11H16N2O2/c1-3-10-8(6-15-11(10)14)4-9-5-12-7-13(9)2/h5,7-8,10H,3-4,6H2,1-2H3/t8-,10-/m0/s1/i2D3,4D2,5D,6D2,7D,8D. The Hall–Kier alpha value is -1.32. The molecule has 0 radical (unpaired) electrons. The number of hydrogen-bond acceptors (Lipinski definition) is 3. The highest BCUT2D eigenvalue weighted by atomic mass is 16.5. The van der Waals surface area contributed by atoms with Crippen molar-refractivity contribution in [2.24, 2.45) is 18.8 Å². The Labute approximate surface area is 103 Å². The molecule has 0 aliphatic carbocycles. The van der Waals surface area contributed by atoms with Crippen LogP contribution < -0.4 is 0 Å². The molecule has 1 aliphatic rings. The van der Waals surface area contributed by atoms with Gasteiger partial charge in [-0.25, -0.2) is 4.98 Å². The van der Waals surface area contributed by atoms with E-state index in [-0.39, 0.29) is 11.0 Å². The number of carbonyl (C=O) groups excluding carboxylic acids is 1. The molecule has 1 fully saturated rings. The van der Waals surface area contributed by atoms with E-state index >= 15 is 0 Å². The normalized spacial score (nSPS) is 45.4. The third kappa shape index (κ3) is 1.89. The van der Waals surface area contributed by atoms with Gasteiger partial charge < -0.3 is 9.30 Å². The van der Waals surface area contributed by atoms with Gasteiger partial charge in [-0.2, -0.15) is 0 Å². The van der Waals surface area contributed by atoms with Gasteiger partial charge in [0.05, 0.1) is 22.9 Å². The highest BCUT2D eigenvalue weighted by Gasteiger charge is 2.35. The van der Waals surface area contributed by atoms with Gasteiger partial charge in [0.1, 0.15) is 1.37 Å². The molecule has 0 spiro atoms. The number of esters is 1. The van der Waals surface area contributed by atoms with Crippen molar-refractivity contribution in [3.63, 3.8) is 0 Å². The van der Waals surface area contributed by atoms with Crippen molar-refractivity contribution < 1.29 is 23.2 Å². The lowest BCUT2D eigenvalue weighted by atomic mass is 9.89. The Kier molecular flexibility index (Phi) is 0.974. The molecule has 4 heteroatoms. The summed E-state index contributed by atoms with van der Waals surface area (Å²) in [4.78, 5) is 15.2. The maximum Gasteiger partial charge on any atom is 0.309 e. The lowest BCUT2D eigenvalue weighted by Crippen LogP contribution is -2.18. The lowest BCUT2D eigenvalue weighted by molar-refractivity contribution is -0.141. The van der Waals surface area contributed by atoms with Gasteiger partial charge in [0.2, 0.25) is 0 Å². The number of ether oxygens (including phenoxy) is 1. The predicted molar refractivity (Wildman–Crippen MR) is 55.1 cm³/mol. The van der Waals surface area contributed by atoms with Crippen LogP contribution in [0.25, 0.3) is 0 Å². The van der Waals surface area contributed by atoms with Gasteiger partial charge in [-0.05, 0) is 12.8 Å². The number of cyclic esters (lactones) is 1. The molecule has 2 atom stereocenters. The largest absolute Gasteiger partial charge is 0.465 e. The van der Waals surface area contributed by atoms with Crippen LogP contribution in [0.1, 0.15) is 32.7 Å². The molecule has 1 aromatic rings. The van der Waals surface area contributed by atoms with Gasteiger partial charge in [-0.15, -0.1) is 0 Å². The minimum atomic E-state index is -3.17. The van der Waals surface area contributed by atoms with E-state index in [1.54, 1.807) is 0 Å². The first-order chi connectivity index (χ1) is 11.1. The van der Waals surface area contributed by atoms with Crippen molar-refractivity contribution in [2.45, 2.75) is 19.7 Å². The topological polar surface area (TPSA) is 44.1 Å². The number of nitrogens with zero attached hydrogens (tertiary/aromatic N) is 2. The molecule has 1 aromatic heterocycles. The van der Waals surface area contributed by atoms with Gasteiger partial charge in [0, 0.05) is 33.0 Å². The Balaban J connectivity index is 2.81. The average Bonchev–Trinajstić information content (AvgIpc) is 2.81. The summed E-state index contributed by atoms with van der Waals surface area (Å²) < 4.78 is 83.1. The summed E-state index contributed by atoms with van der Waals surface area (Å²) in [6, 6.07) is 0. The molecule has 2 heterocycles. The van der Waals surface area contributed by atoms with Crippen LogP contribution in [0, 0.1) is 11.8 Å². The van der Waals surface area contributed by atoms with Crippen molar-refractivity contribution in [2.75, 3.05) is 6.56 Å². The molecule has 0 saturated carbocycles. The molecule has 0 N–H and O–H groups in total. The predicted octanol–water partition coefficient (Wildman–Crippen LogP) is 1.16. The monoisotopic (exact) mass is 218 g/mol. The zero-order valence-electron chi connectivity index (χ0n) is 18.0. The summed E-state index contributed by atoms with van der Waals surface area (Å²) in [7, 11) is 0. The molecule has 82 valence electrons. The maximum atomic E-state index is 11.9. The number of rotatable bonds is 3. The molecule has 15 heavy (non-hydrogen) atoms. The molecule has 2 rings (SSSR count). The second-order valence-corrected chi connectivity index (χ2v) is 3.03. The summed E-state index contributed by atoms with van der Waals surface area (Å²) in [5.41, 5.74) is -0.965. The van der Waals surface area contributed by atoms with Crippen LogP contribution in [0.5, 0.6) is 0 Å². The summed E-state index contributed by atoms with van der Waals surface area (Å²) in [5.74, 6) is -5.54. The first-order valence-electron chi connectivity index (χ1n) is 9.42. The van der Waals surface area contributed by atoms with Crippen LogP contribution in [0.3, 0.4) is 0 Å². The van der Waals surface area contributed by atoms with E-state index in [1.165, 1.54) is 6.92 Å². The first-order valence-corrected chi connectivity index (χ1v) is 4.42. The van der Waals surface area contributed by atoms with E-state index in [0.29, 0.717) is 0 Å². The van der Waals surface area contributed by atoms with Gasteiger partial charge in [-0.1, -0.05) is 6.92 Å². The fourth-order valence-corrected chi connectivity index (χ4v) is 1.29. The molecule has 1 saturated heterocycles. The first kappa shape index (κ1) is 3.61. The highest BCUT2D eigenvalue weighted by molar-refractivity contribution is 5.74. The van der Waals surface area contributed by atoms with Crippen LogP contribution in [-0.4, -0.2) is 22.1 Å². The fraction of sp³-hybridized carbons (Fsp3) is 0.636. The Morgan fingerprint density at radius 3 is 3.67 bits per heavy atom. The van der Waals surface area contributed by atoms with E-state index in [9.17, 15) is 4.79 Å². The Morgan fingerprint density at radius 2 is 2.93 bits per heavy atom. The van der Waals surface area contributed by atoms with E-state index in [2.05, 4.69) is 9.72 Å². The third-order valence-electron chi connectivity index (χ3n) is 2.09. The number of imidazole rings is 1. The van der Waals surface area contributed by atoms with Crippen LogP contribution in [-0.2, 0) is 22.9 Å². The van der Waals surface area contributed by atoms with E-state index < -0.39 is 55.9 Å².